The Morgan fingerprint density at radius 3 is 2.09 bits per heavy atom. The number of nitriles is 1. The highest BCUT2D eigenvalue weighted by Crippen LogP contribution is 2.38. The van der Waals surface area contributed by atoms with Crippen molar-refractivity contribution in [3.63, 3.8) is 0 Å². The van der Waals surface area contributed by atoms with E-state index in [-0.39, 0.29) is 0 Å². The zero-order valence-electron chi connectivity index (χ0n) is 24.9. The largest absolute Gasteiger partial charge is 0.256 e. The van der Waals surface area contributed by atoms with Gasteiger partial charge in [0.1, 0.15) is 0 Å². The highest BCUT2D eigenvalue weighted by Gasteiger charge is 2.18. The molecule has 0 N–H and O–H groups in total. The SMILES string of the molecule is N#Cc1cccc(-c2ccc(-c3cccc(-c4nc(-c5ccccc5)nc(-c5ccc6ncccc6c5)n4)c3)c3c2CCC=C3)c1. The van der Waals surface area contributed by atoms with Crippen molar-refractivity contribution in [2.45, 2.75) is 12.8 Å². The van der Waals surface area contributed by atoms with Gasteiger partial charge in [-0.2, -0.15) is 5.26 Å². The second-order valence-corrected chi connectivity index (χ2v) is 11.4. The van der Waals surface area contributed by atoms with E-state index >= 15 is 0 Å². The average molecular weight is 590 g/mol. The van der Waals surface area contributed by atoms with Gasteiger partial charge in [-0.3, -0.25) is 4.98 Å². The minimum absolute atomic E-state index is 0.615. The average Bonchev–Trinajstić information content (AvgIpc) is 3.14. The summed E-state index contributed by atoms with van der Waals surface area (Å²) < 4.78 is 0. The number of allylic oxidation sites excluding steroid dienone is 1. The van der Waals surface area contributed by atoms with E-state index in [1.807, 2.05) is 66.7 Å². The summed E-state index contributed by atoms with van der Waals surface area (Å²) in [6, 6.07) is 43.1. The second-order valence-electron chi connectivity index (χ2n) is 11.4. The normalized spacial score (nSPS) is 12.1. The highest BCUT2D eigenvalue weighted by molar-refractivity contribution is 5.86. The van der Waals surface area contributed by atoms with E-state index < -0.39 is 0 Å². The van der Waals surface area contributed by atoms with Gasteiger partial charge in [0, 0.05) is 28.3 Å². The van der Waals surface area contributed by atoms with Crippen LogP contribution >= 0.6 is 0 Å². The van der Waals surface area contributed by atoms with Crippen LogP contribution in [-0.2, 0) is 6.42 Å². The van der Waals surface area contributed by atoms with Crippen LogP contribution in [0.3, 0.4) is 0 Å². The van der Waals surface area contributed by atoms with Crippen LogP contribution in [0.1, 0.15) is 23.1 Å². The van der Waals surface area contributed by atoms with Crippen LogP contribution in [0.4, 0.5) is 0 Å². The molecule has 1 aliphatic rings. The summed E-state index contributed by atoms with van der Waals surface area (Å²) in [5, 5.41) is 10.5. The Bertz CT molecular complexity index is 2330. The van der Waals surface area contributed by atoms with Crippen molar-refractivity contribution in [2.75, 3.05) is 0 Å². The maximum Gasteiger partial charge on any atom is 0.164 e. The van der Waals surface area contributed by atoms with Crippen molar-refractivity contribution in [3.8, 4) is 62.5 Å². The third-order valence-corrected chi connectivity index (χ3v) is 8.47. The fourth-order valence-corrected chi connectivity index (χ4v) is 6.22. The van der Waals surface area contributed by atoms with Gasteiger partial charge in [0.15, 0.2) is 17.5 Å². The molecular formula is C41H27N5. The molecule has 0 unspecified atom stereocenters. The summed E-state index contributed by atoms with van der Waals surface area (Å²) in [6.45, 7) is 0. The van der Waals surface area contributed by atoms with E-state index in [0.717, 1.165) is 57.1 Å². The zero-order valence-corrected chi connectivity index (χ0v) is 24.9. The molecule has 7 aromatic rings. The van der Waals surface area contributed by atoms with E-state index in [0.29, 0.717) is 23.0 Å². The summed E-state index contributed by atoms with van der Waals surface area (Å²) >= 11 is 0. The third kappa shape index (κ3) is 5.12. The van der Waals surface area contributed by atoms with Crippen molar-refractivity contribution < 1.29 is 0 Å². The van der Waals surface area contributed by atoms with Crippen LogP contribution < -0.4 is 0 Å². The van der Waals surface area contributed by atoms with Gasteiger partial charge in [0.05, 0.1) is 17.1 Å². The predicted octanol–water partition coefficient (Wildman–Crippen LogP) is 9.59. The summed E-state index contributed by atoms with van der Waals surface area (Å²) in [5.74, 6) is 1.86. The molecule has 2 heterocycles. The van der Waals surface area contributed by atoms with Gasteiger partial charge in [0.25, 0.3) is 0 Å². The molecule has 216 valence electrons. The lowest BCUT2D eigenvalue weighted by molar-refractivity contribution is 0.988. The summed E-state index contributed by atoms with van der Waals surface area (Å²) in [4.78, 5) is 19.4. The lowest BCUT2D eigenvalue weighted by Crippen LogP contribution is -2.01. The number of hydrogen-bond donors (Lipinski definition) is 0. The molecule has 0 spiro atoms. The second kappa shape index (κ2) is 11.7. The van der Waals surface area contributed by atoms with E-state index in [9.17, 15) is 5.26 Å². The van der Waals surface area contributed by atoms with E-state index in [1.165, 1.54) is 16.7 Å². The standard InChI is InChI=1S/C41H27N5/c42-26-27-9-6-12-29(23-27)34-19-20-35(37-17-5-4-16-36(34)37)30-13-7-14-32(24-30)40-44-39(28-10-2-1-3-11-28)45-41(46-40)33-18-21-38-31(25-33)15-8-22-43-38/h1-3,5-15,17-25H,4,16H2. The molecule has 5 heteroatoms. The van der Waals surface area contributed by atoms with E-state index in [2.05, 4.69) is 77.8 Å². The first-order valence-corrected chi connectivity index (χ1v) is 15.3. The molecular weight excluding hydrogens is 562 g/mol. The number of fused-ring (bicyclic) bond motifs is 2. The molecule has 1 aliphatic carbocycles. The fourth-order valence-electron chi connectivity index (χ4n) is 6.22. The number of benzene rings is 5. The zero-order chi connectivity index (χ0) is 30.9. The quantitative estimate of drug-likeness (QED) is 0.200. The van der Waals surface area contributed by atoms with Gasteiger partial charge in [0.2, 0.25) is 0 Å². The number of rotatable bonds is 5. The first kappa shape index (κ1) is 27.3. The Morgan fingerprint density at radius 1 is 0.565 bits per heavy atom. The van der Waals surface area contributed by atoms with Gasteiger partial charge in [-0.15, -0.1) is 0 Å². The van der Waals surface area contributed by atoms with Crippen LogP contribution in [0, 0.1) is 11.3 Å². The van der Waals surface area contributed by atoms with Crippen molar-refractivity contribution in [1.29, 1.82) is 5.26 Å². The Kier molecular flexibility index (Phi) is 6.94. The Balaban J connectivity index is 1.25. The van der Waals surface area contributed by atoms with Crippen molar-refractivity contribution in [1.82, 2.24) is 19.9 Å². The van der Waals surface area contributed by atoms with Crippen LogP contribution in [0.15, 0.2) is 134 Å². The smallest absolute Gasteiger partial charge is 0.164 e. The molecule has 0 fully saturated rings. The number of nitrogens with zero attached hydrogens (tertiary/aromatic N) is 5. The molecule has 46 heavy (non-hydrogen) atoms. The summed E-state index contributed by atoms with van der Waals surface area (Å²) in [6.07, 6.45) is 8.22. The molecule has 0 saturated carbocycles. The molecule has 0 atom stereocenters. The molecule has 8 rings (SSSR count). The maximum absolute atomic E-state index is 9.49. The van der Waals surface area contributed by atoms with Crippen molar-refractivity contribution in [3.05, 3.63) is 150 Å². The fraction of sp³-hybridized carbons (Fsp3) is 0.0488. The van der Waals surface area contributed by atoms with Gasteiger partial charge in [-0.05, 0) is 88.7 Å². The molecule has 5 aromatic carbocycles. The van der Waals surface area contributed by atoms with Crippen LogP contribution in [0.5, 0.6) is 0 Å². The van der Waals surface area contributed by atoms with Crippen molar-refractivity contribution >= 4 is 17.0 Å². The molecule has 0 bridgehead atoms. The van der Waals surface area contributed by atoms with Crippen molar-refractivity contribution in [2.24, 2.45) is 0 Å². The molecule has 0 radical (unpaired) electrons. The summed E-state index contributed by atoms with van der Waals surface area (Å²) in [5.41, 5.74) is 11.4. The number of aromatic nitrogens is 4. The van der Waals surface area contributed by atoms with Gasteiger partial charge in [-0.25, -0.2) is 15.0 Å². The Labute approximate surface area is 267 Å². The van der Waals surface area contributed by atoms with Crippen LogP contribution in [-0.4, -0.2) is 19.9 Å². The monoisotopic (exact) mass is 589 g/mol. The van der Waals surface area contributed by atoms with Crippen LogP contribution in [0.25, 0.3) is 73.4 Å². The third-order valence-electron chi connectivity index (χ3n) is 8.47. The lowest BCUT2D eigenvalue weighted by Gasteiger charge is -2.20. The minimum Gasteiger partial charge on any atom is -0.256 e. The van der Waals surface area contributed by atoms with Gasteiger partial charge in [-0.1, -0.05) is 91.0 Å². The topological polar surface area (TPSA) is 75.3 Å². The number of hydrogen-bond acceptors (Lipinski definition) is 5. The molecule has 2 aromatic heterocycles. The molecule has 0 aliphatic heterocycles. The highest BCUT2D eigenvalue weighted by atomic mass is 15.0. The molecule has 0 saturated heterocycles. The predicted molar refractivity (Wildman–Crippen MR) is 184 cm³/mol. The maximum atomic E-state index is 9.49. The van der Waals surface area contributed by atoms with Gasteiger partial charge >= 0.3 is 0 Å². The molecule has 5 nitrogen and oxygen atoms in total. The van der Waals surface area contributed by atoms with Gasteiger partial charge < -0.3 is 0 Å². The molecule has 0 amide bonds. The summed E-state index contributed by atoms with van der Waals surface area (Å²) in [7, 11) is 0. The number of pyridine rings is 1. The lowest BCUT2D eigenvalue weighted by atomic mass is 9.84. The van der Waals surface area contributed by atoms with E-state index in [1.54, 1.807) is 6.20 Å². The first-order valence-electron chi connectivity index (χ1n) is 15.3. The first-order chi connectivity index (χ1) is 22.7. The van der Waals surface area contributed by atoms with E-state index in [4.69, 9.17) is 15.0 Å². The minimum atomic E-state index is 0.615. The Hall–Kier alpha value is -6.25. The van der Waals surface area contributed by atoms with Crippen LogP contribution in [0.2, 0.25) is 0 Å². The Morgan fingerprint density at radius 2 is 1.26 bits per heavy atom.